The van der Waals surface area contributed by atoms with Crippen LogP contribution in [-0.4, -0.2) is 35.0 Å². The topological polar surface area (TPSA) is 139 Å². The summed E-state index contributed by atoms with van der Waals surface area (Å²) in [5.74, 6) is -2.37. The van der Waals surface area contributed by atoms with E-state index in [0.717, 1.165) is 6.92 Å². The van der Waals surface area contributed by atoms with Gasteiger partial charge in [0, 0.05) is 6.92 Å². The Kier molecular flexibility index (Phi) is 13.6. The second-order valence-corrected chi connectivity index (χ2v) is 2.30. The van der Waals surface area contributed by atoms with E-state index in [0.29, 0.717) is 0 Å². The first-order valence-corrected chi connectivity index (χ1v) is 3.45. The molecule has 0 aromatic rings. The van der Waals surface area contributed by atoms with Gasteiger partial charge in [0.1, 0.15) is 0 Å². The van der Waals surface area contributed by atoms with E-state index in [-0.39, 0.29) is 62.0 Å². The molecule has 0 radical (unpaired) electrons. The van der Waals surface area contributed by atoms with Crippen molar-refractivity contribution in [3.63, 3.8) is 0 Å². The molecule has 16 heavy (non-hydrogen) atoms. The van der Waals surface area contributed by atoms with Crippen molar-refractivity contribution >= 4 is 23.8 Å². The molecule has 0 aromatic carbocycles. The molecule has 0 unspecified atom stereocenters. The Balaban J connectivity index is -0.0000000635. The van der Waals surface area contributed by atoms with Crippen molar-refractivity contribution in [3.05, 3.63) is 0 Å². The Morgan fingerprint density at radius 2 is 1.50 bits per heavy atom. The number of imide groups is 2. The first-order valence-electron chi connectivity index (χ1n) is 3.45. The molecule has 0 spiro atoms. The molecular formula is C6H11N3Na2O5. The zero-order valence-corrected chi connectivity index (χ0v) is 13.2. The number of urea groups is 1. The van der Waals surface area contributed by atoms with Gasteiger partial charge in [-0.3, -0.25) is 25.0 Å². The van der Waals surface area contributed by atoms with Crippen molar-refractivity contribution in [3.8, 4) is 0 Å². The van der Waals surface area contributed by atoms with Crippen molar-refractivity contribution in [2.75, 3.05) is 0 Å². The van der Waals surface area contributed by atoms with Gasteiger partial charge in [-0.05, 0) is 0 Å². The van der Waals surface area contributed by atoms with Crippen LogP contribution in [0.1, 0.15) is 9.78 Å². The molecule has 1 aliphatic rings. The summed E-state index contributed by atoms with van der Waals surface area (Å²) in [6, 6.07) is -2.09. The number of carbonyl (C=O) groups is 4. The minimum atomic E-state index is -1.27. The maximum atomic E-state index is 10.5. The van der Waals surface area contributed by atoms with Gasteiger partial charge in [-0.15, -0.1) is 0 Å². The molecule has 10 heteroatoms. The van der Waals surface area contributed by atoms with Gasteiger partial charge < -0.3 is 13.7 Å². The van der Waals surface area contributed by atoms with Crippen molar-refractivity contribution in [2.24, 2.45) is 5.73 Å². The third kappa shape index (κ3) is 9.28. The molecule has 8 nitrogen and oxygen atoms in total. The number of hydrogen-bond donors (Lipinski definition) is 4. The van der Waals surface area contributed by atoms with Crippen LogP contribution in [0.15, 0.2) is 0 Å². The number of carboxylic acids is 1. The first kappa shape index (κ1) is 21.3. The van der Waals surface area contributed by atoms with Crippen LogP contribution in [0.2, 0.25) is 0 Å². The Labute approximate surface area is 138 Å². The van der Waals surface area contributed by atoms with Crippen molar-refractivity contribution in [2.45, 2.75) is 13.0 Å². The van der Waals surface area contributed by atoms with Gasteiger partial charge in [0.05, 0.1) is 0 Å². The summed E-state index contributed by atoms with van der Waals surface area (Å²) in [7, 11) is 0. The second kappa shape index (κ2) is 10.2. The minimum Gasteiger partial charge on any atom is -1.00 e. The molecule has 0 aliphatic carbocycles. The van der Waals surface area contributed by atoms with Crippen LogP contribution in [0.3, 0.4) is 0 Å². The summed E-state index contributed by atoms with van der Waals surface area (Å²) < 4.78 is 0. The predicted octanol–water partition coefficient (Wildman–Crippen LogP) is -8.00. The minimum absolute atomic E-state index is 0. The number of nitrogens with two attached hydrogens (primary N) is 1. The number of aliphatic carboxylic acids is 1. The predicted molar refractivity (Wildman–Crippen MR) is 45.2 cm³/mol. The van der Waals surface area contributed by atoms with E-state index in [1.165, 1.54) is 0 Å². The largest absolute Gasteiger partial charge is 1.00 e. The SMILES string of the molecule is CC(=O)O.NC1C(=O)NC(=O)NC1=O.[H-].[H-].[Na+].[Na+]. The fraction of sp³-hybridized carbons (Fsp3) is 0.333. The van der Waals surface area contributed by atoms with Crippen molar-refractivity contribution in [1.29, 1.82) is 0 Å². The molecule has 4 amide bonds. The van der Waals surface area contributed by atoms with Gasteiger partial charge >= 0.3 is 65.1 Å². The molecule has 0 saturated carbocycles. The number of amides is 4. The molecule has 5 N–H and O–H groups in total. The van der Waals surface area contributed by atoms with E-state index in [1.807, 2.05) is 10.6 Å². The average molecular weight is 251 g/mol. The maximum Gasteiger partial charge on any atom is 1.00 e. The summed E-state index contributed by atoms with van der Waals surface area (Å²) in [6.45, 7) is 1.08. The summed E-state index contributed by atoms with van der Waals surface area (Å²) in [4.78, 5) is 40.3. The van der Waals surface area contributed by atoms with Crippen LogP contribution in [-0.2, 0) is 14.4 Å². The molecule has 0 atom stereocenters. The number of carbonyl (C=O) groups excluding carboxylic acids is 3. The van der Waals surface area contributed by atoms with Gasteiger partial charge in [0.15, 0.2) is 6.04 Å². The fourth-order valence-corrected chi connectivity index (χ4v) is 0.530. The molecule has 1 aliphatic heterocycles. The third-order valence-electron chi connectivity index (χ3n) is 1.04. The summed E-state index contributed by atoms with van der Waals surface area (Å²) >= 11 is 0. The fourth-order valence-electron chi connectivity index (χ4n) is 0.530. The number of nitrogens with one attached hydrogen (secondary N) is 2. The molecule has 1 saturated heterocycles. The summed E-state index contributed by atoms with van der Waals surface area (Å²) in [5, 5.41) is 11.1. The molecular weight excluding hydrogens is 240 g/mol. The van der Waals surface area contributed by atoms with Gasteiger partial charge in [-0.2, -0.15) is 0 Å². The molecule has 1 heterocycles. The van der Waals surface area contributed by atoms with Gasteiger partial charge in [0.25, 0.3) is 17.8 Å². The summed E-state index contributed by atoms with van der Waals surface area (Å²) in [5.41, 5.74) is 5.01. The number of hydrogen-bond acceptors (Lipinski definition) is 5. The van der Waals surface area contributed by atoms with Gasteiger partial charge in [-0.25, -0.2) is 4.79 Å². The van der Waals surface area contributed by atoms with Crippen LogP contribution >= 0.6 is 0 Å². The molecule has 82 valence electrons. The molecule has 1 fully saturated rings. The zero-order valence-electron chi connectivity index (χ0n) is 11.2. The van der Waals surface area contributed by atoms with Crippen LogP contribution < -0.4 is 75.5 Å². The van der Waals surface area contributed by atoms with Gasteiger partial charge in [0.2, 0.25) is 0 Å². The van der Waals surface area contributed by atoms with Crippen molar-refractivity contribution in [1.82, 2.24) is 10.6 Å². The van der Waals surface area contributed by atoms with E-state index >= 15 is 0 Å². The normalized spacial score (nSPS) is 14.2. The second-order valence-electron chi connectivity index (χ2n) is 2.30. The van der Waals surface area contributed by atoms with Crippen LogP contribution in [0, 0.1) is 0 Å². The van der Waals surface area contributed by atoms with Crippen LogP contribution in [0.5, 0.6) is 0 Å². The maximum absolute atomic E-state index is 10.5. The zero-order chi connectivity index (χ0) is 11.3. The van der Waals surface area contributed by atoms with Crippen LogP contribution in [0.4, 0.5) is 4.79 Å². The Bertz CT molecular complexity index is 281. The van der Waals surface area contributed by atoms with E-state index in [1.54, 1.807) is 0 Å². The smallest absolute Gasteiger partial charge is 1.00 e. The van der Waals surface area contributed by atoms with E-state index in [9.17, 15) is 14.4 Å². The monoisotopic (exact) mass is 251 g/mol. The number of carboxylic acid groups (broad SMARTS) is 1. The molecule has 0 bridgehead atoms. The molecule has 1 rings (SSSR count). The first-order chi connectivity index (χ1) is 6.34. The van der Waals surface area contributed by atoms with Gasteiger partial charge in [-0.1, -0.05) is 0 Å². The van der Waals surface area contributed by atoms with E-state index < -0.39 is 29.9 Å². The van der Waals surface area contributed by atoms with Crippen molar-refractivity contribution < 1.29 is 86.3 Å². The standard InChI is InChI=1S/C4H5N3O3.C2H4O2.2Na.2H/c5-1-2(8)6-4(10)7-3(1)9;1-2(3)4;;;;/h1H,5H2,(H2,6,7,8,9,10);1H3,(H,3,4);;;;/q;;2*+1;2*-1. The number of rotatable bonds is 0. The van der Waals surface area contributed by atoms with E-state index in [4.69, 9.17) is 15.6 Å². The molecule has 0 aromatic heterocycles. The quantitative estimate of drug-likeness (QED) is 0.249. The third-order valence-corrected chi connectivity index (χ3v) is 1.04. The van der Waals surface area contributed by atoms with Crippen LogP contribution in [0.25, 0.3) is 0 Å². The Hall–Kier alpha value is 0.0400. The Morgan fingerprint density at radius 3 is 1.75 bits per heavy atom. The van der Waals surface area contributed by atoms with E-state index in [2.05, 4.69) is 0 Å². The Morgan fingerprint density at radius 1 is 1.25 bits per heavy atom. The average Bonchev–Trinajstić information content (AvgIpc) is 1.98. The summed E-state index contributed by atoms with van der Waals surface area (Å²) in [6.07, 6.45) is 0. The number of barbiturate groups is 1.